The Morgan fingerprint density at radius 1 is 1.29 bits per heavy atom. The zero-order valence-electron chi connectivity index (χ0n) is 14.6. The first-order valence-corrected chi connectivity index (χ1v) is 9.31. The Morgan fingerprint density at radius 3 is 2.71 bits per heavy atom. The Balaban J connectivity index is 1.89. The van der Waals surface area contributed by atoms with Gasteiger partial charge >= 0.3 is 0 Å². The van der Waals surface area contributed by atoms with E-state index in [2.05, 4.69) is 4.90 Å². The number of hydrogen-bond acceptors (Lipinski definition) is 5. The number of hydrogen-bond donors (Lipinski definition) is 0. The third-order valence-corrected chi connectivity index (χ3v) is 5.60. The van der Waals surface area contributed by atoms with Crippen LogP contribution in [0, 0.1) is 5.92 Å². The molecule has 2 aromatic rings. The van der Waals surface area contributed by atoms with Gasteiger partial charge in [0.1, 0.15) is 5.75 Å². The SMILES string of the molecule is COc1ccc2nc(N(CCN(C)C)C(=O)C3CCCC3)sc2c1. The predicted octanol–water partition coefficient (Wildman–Crippen LogP) is 3.39. The molecule has 1 aliphatic rings. The van der Waals surface area contributed by atoms with Crippen LogP contribution < -0.4 is 9.64 Å². The summed E-state index contributed by atoms with van der Waals surface area (Å²) in [7, 11) is 5.72. The van der Waals surface area contributed by atoms with E-state index in [0.717, 1.165) is 53.3 Å². The molecular weight excluding hydrogens is 322 g/mol. The highest BCUT2D eigenvalue weighted by atomic mass is 32.1. The number of carbonyl (C=O) groups excluding carboxylic acids is 1. The average molecular weight is 347 g/mol. The van der Waals surface area contributed by atoms with Gasteiger partial charge in [0.25, 0.3) is 0 Å². The minimum Gasteiger partial charge on any atom is -0.497 e. The number of methoxy groups -OCH3 is 1. The minimum atomic E-state index is 0.161. The van der Waals surface area contributed by atoms with Crippen LogP contribution in [-0.2, 0) is 4.79 Å². The third kappa shape index (κ3) is 3.70. The van der Waals surface area contributed by atoms with E-state index in [1.807, 2.05) is 37.2 Å². The van der Waals surface area contributed by atoms with Gasteiger partial charge < -0.3 is 9.64 Å². The average Bonchev–Trinajstić information content (AvgIpc) is 3.23. The topological polar surface area (TPSA) is 45.7 Å². The number of nitrogens with zero attached hydrogens (tertiary/aromatic N) is 3. The van der Waals surface area contributed by atoms with Crippen LogP contribution >= 0.6 is 11.3 Å². The highest BCUT2D eigenvalue weighted by molar-refractivity contribution is 7.22. The van der Waals surface area contributed by atoms with Crippen LogP contribution in [0.15, 0.2) is 18.2 Å². The number of rotatable bonds is 6. The van der Waals surface area contributed by atoms with Crippen molar-refractivity contribution in [1.29, 1.82) is 0 Å². The van der Waals surface area contributed by atoms with Gasteiger partial charge in [-0.05, 0) is 45.1 Å². The van der Waals surface area contributed by atoms with Gasteiger partial charge in [-0.15, -0.1) is 0 Å². The van der Waals surface area contributed by atoms with E-state index in [9.17, 15) is 4.79 Å². The lowest BCUT2D eigenvalue weighted by atomic mass is 10.1. The fourth-order valence-electron chi connectivity index (χ4n) is 3.13. The van der Waals surface area contributed by atoms with Gasteiger partial charge in [0.15, 0.2) is 5.13 Å². The first kappa shape index (κ1) is 17.2. The van der Waals surface area contributed by atoms with E-state index in [1.165, 1.54) is 0 Å². The second kappa shape index (κ2) is 7.49. The van der Waals surface area contributed by atoms with E-state index in [0.29, 0.717) is 6.54 Å². The van der Waals surface area contributed by atoms with Crippen molar-refractivity contribution in [2.24, 2.45) is 5.92 Å². The monoisotopic (exact) mass is 347 g/mol. The number of benzene rings is 1. The fourth-order valence-corrected chi connectivity index (χ4v) is 4.15. The molecule has 1 fully saturated rings. The van der Waals surface area contributed by atoms with E-state index in [1.54, 1.807) is 18.4 Å². The van der Waals surface area contributed by atoms with Crippen molar-refractivity contribution in [3.8, 4) is 5.75 Å². The smallest absolute Gasteiger partial charge is 0.231 e. The van der Waals surface area contributed by atoms with Crippen LogP contribution in [0.2, 0.25) is 0 Å². The number of amides is 1. The molecule has 1 saturated carbocycles. The number of anilines is 1. The predicted molar refractivity (Wildman–Crippen MR) is 99.0 cm³/mol. The molecule has 0 radical (unpaired) electrons. The summed E-state index contributed by atoms with van der Waals surface area (Å²) < 4.78 is 6.35. The lowest BCUT2D eigenvalue weighted by Crippen LogP contribution is -2.39. The van der Waals surface area contributed by atoms with Gasteiger partial charge in [0.05, 0.1) is 17.3 Å². The zero-order valence-corrected chi connectivity index (χ0v) is 15.4. The summed E-state index contributed by atoms with van der Waals surface area (Å²) in [4.78, 5) is 21.7. The van der Waals surface area contributed by atoms with Gasteiger partial charge in [-0.2, -0.15) is 0 Å². The molecule has 3 rings (SSSR count). The molecule has 130 valence electrons. The Bertz CT molecular complexity index is 707. The molecule has 0 atom stereocenters. The number of aromatic nitrogens is 1. The quantitative estimate of drug-likeness (QED) is 0.803. The Labute approximate surface area is 147 Å². The molecule has 0 N–H and O–H groups in total. The summed E-state index contributed by atoms with van der Waals surface area (Å²) in [6, 6.07) is 5.85. The molecule has 0 spiro atoms. The molecule has 24 heavy (non-hydrogen) atoms. The van der Waals surface area contributed by atoms with Gasteiger partial charge in [-0.1, -0.05) is 24.2 Å². The number of likely N-dealkylation sites (N-methyl/N-ethyl adjacent to an activating group) is 1. The number of fused-ring (bicyclic) bond motifs is 1. The second-order valence-electron chi connectivity index (χ2n) is 6.60. The normalized spacial score (nSPS) is 15.3. The van der Waals surface area contributed by atoms with Crippen molar-refractivity contribution < 1.29 is 9.53 Å². The van der Waals surface area contributed by atoms with Gasteiger partial charge in [-0.25, -0.2) is 4.98 Å². The Kier molecular flexibility index (Phi) is 5.36. The van der Waals surface area contributed by atoms with Crippen molar-refractivity contribution in [1.82, 2.24) is 9.88 Å². The summed E-state index contributed by atoms with van der Waals surface area (Å²) in [6.45, 7) is 1.51. The van der Waals surface area contributed by atoms with Crippen molar-refractivity contribution >= 4 is 32.6 Å². The van der Waals surface area contributed by atoms with E-state index in [-0.39, 0.29) is 11.8 Å². The molecule has 1 aromatic carbocycles. The maximum Gasteiger partial charge on any atom is 0.231 e. The molecule has 5 nitrogen and oxygen atoms in total. The van der Waals surface area contributed by atoms with Crippen LogP contribution in [0.25, 0.3) is 10.2 Å². The van der Waals surface area contributed by atoms with Crippen LogP contribution in [0.1, 0.15) is 25.7 Å². The maximum atomic E-state index is 13.0. The van der Waals surface area contributed by atoms with Crippen LogP contribution in [-0.4, -0.2) is 50.1 Å². The van der Waals surface area contributed by atoms with E-state index >= 15 is 0 Å². The van der Waals surface area contributed by atoms with Gasteiger partial charge in [0, 0.05) is 19.0 Å². The molecule has 1 heterocycles. The van der Waals surface area contributed by atoms with Gasteiger partial charge in [-0.3, -0.25) is 9.69 Å². The zero-order chi connectivity index (χ0) is 17.1. The lowest BCUT2D eigenvalue weighted by Gasteiger charge is -2.24. The summed E-state index contributed by atoms with van der Waals surface area (Å²) in [5.74, 6) is 1.22. The highest BCUT2D eigenvalue weighted by Gasteiger charge is 2.29. The van der Waals surface area contributed by atoms with E-state index in [4.69, 9.17) is 9.72 Å². The highest BCUT2D eigenvalue weighted by Crippen LogP contribution is 2.34. The minimum absolute atomic E-state index is 0.161. The molecule has 6 heteroatoms. The van der Waals surface area contributed by atoms with Crippen LogP contribution in [0.5, 0.6) is 5.75 Å². The van der Waals surface area contributed by atoms with Crippen LogP contribution in [0.3, 0.4) is 0 Å². The van der Waals surface area contributed by atoms with Crippen molar-refractivity contribution in [2.75, 3.05) is 39.2 Å². The molecular formula is C18H25N3O2S. The lowest BCUT2D eigenvalue weighted by molar-refractivity contribution is -0.122. The Morgan fingerprint density at radius 2 is 2.04 bits per heavy atom. The summed E-state index contributed by atoms with van der Waals surface area (Å²) in [6.07, 6.45) is 4.34. The molecule has 1 aliphatic carbocycles. The van der Waals surface area contributed by atoms with E-state index < -0.39 is 0 Å². The summed E-state index contributed by atoms with van der Waals surface area (Å²) >= 11 is 1.57. The van der Waals surface area contributed by atoms with Crippen molar-refractivity contribution in [3.63, 3.8) is 0 Å². The molecule has 1 amide bonds. The molecule has 0 bridgehead atoms. The van der Waals surface area contributed by atoms with Crippen LogP contribution in [0.4, 0.5) is 5.13 Å². The van der Waals surface area contributed by atoms with Crippen molar-refractivity contribution in [3.05, 3.63) is 18.2 Å². The third-order valence-electron chi connectivity index (χ3n) is 4.56. The second-order valence-corrected chi connectivity index (χ2v) is 7.61. The molecule has 1 aromatic heterocycles. The van der Waals surface area contributed by atoms with Crippen molar-refractivity contribution in [2.45, 2.75) is 25.7 Å². The summed E-state index contributed by atoms with van der Waals surface area (Å²) in [5.41, 5.74) is 0.921. The number of carbonyl (C=O) groups is 1. The largest absolute Gasteiger partial charge is 0.497 e. The number of thiazole rings is 1. The standard InChI is InChI=1S/C18H25N3O2S/c1-20(2)10-11-21(17(22)13-6-4-5-7-13)18-19-15-9-8-14(23-3)12-16(15)24-18/h8-9,12-13H,4-7,10-11H2,1-3H3. The fraction of sp³-hybridized carbons (Fsp3) is 0.556. The molecule has 0 unspecified atom stereocenters. The molecule has 0 saturated heterocycles. The first-order valence-electron chi connectivity index (χ1n) is 8.49. The molecule has 0 aliphatic heterocycles. The first-order chi connectivity index (χ1) is 11.6. The maximum absolute atomic E-state index is 13.0. The van der Waals surface area contributed by atoms with Gasteiger partial charge in [0.2, 0.25) is 5.91 Å². The number of ether oxygens (including phenoxy) is 1. The Hall–Kier alpha value is -1.66. The summed E-state index contributed by atoms with van der Waals surface area (Å²) in [5, 5.41) is 0.803.